The number of ether oxygens (including phenoxy) is 1. The Morgan fingerprint density at radius 1 is 1.39 bits per heavy atom. The molecule has 0 radical (unpaired) electrons. The summed E-state index contributed by atoms with van der Waals surface area (Å²) in [5.41, 5.74) is 1.04. The van der Waals surface area contributed by atoms with Crippen molar-refractivity contribution in [3.8, 4) is 0 Å². The summed E-state index contributed by atoms with van der Waals surface area (Å²) in [6, 6.07) is -0.610. The molecule has 1 atom stereocenters. The van der Waals surface area contributed by atoms with Gasteiger partial charge in [-0.15, -0.1) is 11.3 Å². The van der Waals surface area contributed by atoms with Gasteiger partial charge in [-0.05, 0) is 51.5 Å². The quantitative estimate of drug-likeness (QED) is 0.805. The monoisotopic (exact) mass is 334 g/mol. The van der Waals surface area contributed by atoms with Crippen LogP contribution in [0.25, 0.3) is 10.2 Å². The van der Waals surface area contributed by atoms with E-state index in [1.54, 1.807) is 11.3 Å². The highest BCUT2D eigenvalue weighted by atomic mass is 32.1. The Hall–Kier alpha value is -1.69. The molecule has 2 aromatic heterocycles. The standard InChI is InChI=1S/C17H22N2O3S/c1-4-12(17(21)22-10(2)3)19-9-18-15-14(16(19)20)11-7-5-6-8-13(11)23-15/h9-10,12H,4-8H2,1-3H3/t12-/m1/s1. The number of hydrogen-bond donors (Lipinski definition) is 0. The van der Waals surface area contributed by atoms with Crippen LogP contribution in [0, 0.1) is 0 Å². The maximum atomic E-state index is 13.0. The lowest BCUT2D eigenvalue weighted by molar-refractivity contribution is -0.151. The molecule has 0 spiro atoms. The molecule has 0 aliphatic heterocycles. The zero-order valence-corrected chi connectivity index (χ0v) is 14.6. The van der Waals surface area contributed by atoms with Crippen LogP contribution in [0.4, 0.5) is 0 Å². The van der Waals surface area contributed by atoms with Crippen LogP contribution in [0.2, 0.25) is 0 Å². The Labute approximate surface area is 139 Å². The maximum absolute atomic E-state index is 13.0. The summed E-state index contributed by atoms with van der Waals surface area (Å²) in [5.74, 6) is -0.366. The van der Waals surface area contributed by atoms with Crippen LogP contribution in [0.5, 0.6) is 0 Å². The fourth-order valence-electron chi connectivity index (χ4n) is 3.17. The SMILES string of the molecule is CC[C@H](C(=O)OC(C)C)n1cnc2sc3c(c2c1=O)CCCC3. The summed E-state index contributed by atoms with van der Waals surface area (Å²) in [5, 5.41) is 0.711. The minimum atomic E-state index is -0.610. The molecule has 2 heterocycles. The highest BCUT2D eigenvalue weighted by molar-refractivity contribution is 7.18. The third-order valence-corrected chi connectivity index (χ3v) is 5.45. The topological polar surface area (TPSA) is 61.2 Å². The second-order valence-corrected chi connectivity index (χ2v) is 7.34. The molecule has 3 rings (SSSR count). The van der Waals surface area contributed by atoms with Crippen LogP contribution in [0.1, 0.15) is 56.5 Å². The molecule has 5 nitrogen and oxygen atoms in total. The average molecular weight is 334 g/mol. The molecule has 0 saturated heterocycles. The van der Waals surface area contributed by atoms with E-state index in [9.17, 15) is 9.59 Å². The Morgan fingerprint density at radius 3 is 2.83 bits per heavy atom. The summed E-state index contributed by atoms with van der Waals surface area (Å²) < 4.78 is 6.75. The number of rotatable bonds is 4. The molecule has 0 saturated carbocycles. The number of aromatic nitrogens is 2. The fourth-order valence-corrected chi connectivity index (χ4v) is 4.39. The summed E-state index contributed by atoms with van der Waals surface area (Å²) >= 11 is 1.62. The lowest BCUT2D eigenvalue weighted by atomic mass is 9.97. The molecule has 0 aromatic carbocycles. The van der Waals surface area contributed by atoms with Gasteiger partial charge in [0.25, 0.3) is 5.56 Å². The minimum Gasteiger partial charge on any atom is -0.461 e. The lowest BCUT2D eigenvalue weighted by Crippen LogP contribution is -2.32. The Morgan fingerprint density at radius 2 is 2.13 bits per heavy atom. The normalized spacial score (nSPS) is 15.7. The van der Waals surface area contributed by atoms with Crippen molar-refractivity contribution in [3.63, 3.8) is 0 Å². The molecule has 124 valence electrons. The van der Waals surface area contributed by atoms with E-state index in [-0.39, 0.29) is 17.6 Å². The average Bonchev–Trinajstić information content (AvgIpc) is 2.88. The van der Waals surface area contributed by atoms with Gasteiger partial charge >= 0.3 is 5.97 Å². The second-order valence-electron chi connectivity index (χ2n) is 6.26. The van der Waals surface area contributed by atoms with Crippen LogP contribution in [-0.2, 0) is 22.4 Å². The number of nitrogens with zero attached hydrogens (tertiary/aromatic N) is 2. The molecular formula is C17H22N2O3S. The number of aryl methyl sites for hydroxylation is 2. The second kappa shape index (κ2) is 6.43. The number of thiophene rings is 1. The van der Waals surface area contributed by atoms with Crippen LogP contribution < -0.4 is 5.56 Å². The molecule has 0 bridgehead atoms. The van der Waals surface area contributed by atoms with E-state index >= 15 is 0 Å². The number of fused-ring (bicyclic) bond motifs is 3. The molecule has 0 fully saturated rings. The molecule has 0 N–H and O–H groups in total. The molecular weight excluding hydrogens is 312 g/mol. The maximum Gasteiger partial charge on any atom is 0.329 e. The molecule has 6 heteroatoms. The van der Waals surface area contributed by atoms with E-state index in [4.69, 9.17) is 4.74 Å². The Bertz CT molecular complexity index is 791. The summed E-state index contributed by atoms with van der Waals surface area (Å²) in [6.07, 6.45) is 6.06. The third kappa shape index (κ3) is 2.92. The highest BCUT2D eigenvalue weighted by Crippen LogP contribution is 2.33. The van der Waals surface area contributed by atoms with Gasteiger partial charge in [0.2, 0.25) is 0 Å². The van der Waals surface area contributed by atoms with E-state index in [2.05, 4.69) is 4.98 Å². The van der Waals surface area contributed by atoms with Gasteiger partial charge in [-0.25, -0.2) is 9.78 Å². The van der Waals surface area contributed by atoms with Gasteiger partial charge in [0, 0.05) is 4.88 Å². The zero-order chi connectivity index (χ0) is 16.6. The summed E-state index contributed by atoms with van der Waals surface area (Å²) in [4.78, 5) is 31.8. The van der Waals surface area contributed by atoms with E-state index in [0.717, 1.165) is 29.7 Å². The van der Waals surface area contributed by atoms with Crippen molar-refractivity contribution >= 4 is 27.5 Å². The zero-order valence-electron chi connectivity index (χ0n) is 13.8. The van der Waals surface area contributed by atoms with Crippen LogP contribution >= 0.6 is 11.3 Å². The van der Waals surface area contributed by atoms with E-state index < -0.39 is 6.04 Å². The number of esters is 1. The van der Waals surface area contributed by atoms with Crippen LogP contribution in [0.15, 0.2) is 11.1 Å². The number of carbonyl (C=O) groups is 1. The van der Waals surface area contributed by atoms with Crippen molar-refractivity contribution < 1.29 is 9.53 Å². The van der Waals surface area contributed by atoms with Crippen molar-refractivity contribution in [2.45, 2.75) is 65.0 Å². The molecule has 0 amide bonds. The van der Waals surface area contributed by atoms with Crippen molar-refractivity contribution in [1.29, 1.82) is 0 Å². The van der Waals surface area contributed by atoms with Crippen LogP contribution in [0.3, 0.4) is 0 Å². The first-order valence-electron chi connectivity index (χ1n) is 8.24. The Kier molecular flexibility index (Phi) is 4.53. The van der Waals surface area contributed by atoms with Gasteiger partial charge in [-0.2, -0.15) is 0 Å². The van der Waals surface area contributed by atoms with E-state index in [1.165, 1.54) is 22.2 Å². The van der Waals surface area contributed by atoms with Gasteiger partial charge in [-0.1, -0.05) is 6.92 Å². The van der Waals surface area contributed by atoms with Gasteiger partial charge in [0.1, 0.15) is 10.9 Å². The van der Waals surface area contributed by atoms with Gasteiger partial charge in [0.05, 0.1) is 17.8 Å². The first-order chi connectivity index (χ1) is 11.0. The first kappa shape index (κ1) is 16.2. The molecule has 1 aliphatic carbocycles. The van der Waals surface area contributed by atoms with Crippen LogP contribution in [-0.4, -0.2) is 21.6 Å². The molecule has 2 aromatic rings. The number of hydrogen-bond acceptors (Lipinski definition) is 5. The highest BCUT2D eigenvalue weighted by Gasteiger charge is 2.26. The first-order valence-corrected chi connectivity index (χ1v) is 9.06. The largest absolute Gasteiger partial charge is 0.461 e. The number of carbonyl (C=O) groups excluding carboxylic acids is 1. The predicted octanol–water partition coefficient (Wildman–Crippen LogP) is 3.24. The fraction of sp³-hybridized carbons (Fsp3) is 0.588. The van der Waals surface area contributed by atoms with Crippen molar-refractivity contribution in [1.82, 2.24) is 9.55 Å². The van der Waals surface area contributed by atoms with Gasteiger partial charge < -0.3 is 4.74 Å². The van der Waals surface area contributed by atoms with Crippen molar-refractivity contribution in [2.24, 2.45) is 0 Å². The summed E-state index contributed by atoms with van der Waals surface area (Å²) in [7, 11) is 0. The van der Waals surface area contributed by atoms with Crippen molar-refractivity contribution in [3.05, 3.63) is 27.1 Å². The van der Waals surface area contributed by atoms with Crippen molar-refractivity contribution in [2.75, 3.05) is 0 Å². The predicted molar refractivity (Wildman–Crippen MR) is 91.1 cm³/mol. The summed E-state index contributed by atoms with van der Waals surface area (Å²) in [6.45, 7) is 5.50. The molecule has 23 heavy (non-hydrogen) atoms. The third-order valence-electron chi connectivity index (χ3n) is 4.25. The molecule has 0 unspecified atom stereocenters. The molecule has 1 aliphatic rings. The van der Waals surface area contributed by atoms with E-state index in [1.807, 2.05) is 20.8 Å². The van der Waals surface area contributed by atoms with Gasteiger partial charge in [0.15, 0.2) is 0 Å². The Balaban J connectivity index is 2.09. The van der Waals surface area contributed by atoms with E-state index in [0.29, 0.717) is 11.8 Å². The lowest BCUT2D eigenvalue weighted by Gasteiger charge is -2.18. The minimum absolute atomic E-state index is 0.109. The van der Waals surface area contributed by atoms with Gasteiger partial charge in [-0.3, -0.25) is 9.36 Å². The smallest absolute Gasteiger partial charge is 0.329 e.